The molecule has 0 spiro atoms. The molecule has 0 amide bonds. The summed E-state index contributed by atoms with van der Waals surface area (Å²) in [5, 5.41) is 8.79. The van der Waals surface area contributed by atoms with Gasteiger partial charge >= 0.3 is 5.97 Å². The molecule has 18 heavy (non-hydrogen) atoms. The third-order valence-electron chi connectivity index (χ3n) is 2.75. The number of hydrogen-bond donors (Lipinski definition) is 1. The Labute approximate surface area is 105 Å². The number of carboxylic acid groups (broad SMARTS) is 1. The molecule has 0 aromatic heterocycles. The van der Waals surface area contributed by atoms with Gasteiger partial charge in [0.2, 0.25) is 0 Å². The minimum absolute atomic E-state index is 0.0411. The predicted molar refractivity (Wildman–Crippen MR) is 68.3 cm³/mol. The first kappa shape index (κ1) is 12.3. The number of halogens is 1. The Morgan fingerprint density at radius 2 is 1.67 bits per heavy atom. The highest BCUT2D eigenvalue weighted by molar-refractivity contribution is 5.88. The average Bonchev–Trinajstić information content (AvgIpc) is 2.27. The Balaban J connectivity index is 2.54. The quantitative estimate of drug-likeness (QED) is 0.872. The fourth-order valence-corrected chi connectivity index (χ4v) is 2.01. The van der Waals surface area contributed by atoms with Crippen LogP contribution < -0.4 is 0 Å². The molecular formula is C15H13FO2. The molecular weight excluding hydrogens is 231 g/mol. The van der Waals surface area contributed by atoms with Gasteiger partial charge in [-0.2, -0.15) is 0 Å². The maximum absolute atomic E-state index is 13.9. The van der Waals surface area contributed by atoms with Crippen molar-refractivity contribution in [1.29, 1.82) is 0 Å². The van der Waals surface area contributed by atoms with E-state index in [1.54, 1.807) is 0 Å². The van der Waals surface area contributed by atoms with Crippen LogP contribution >= 0.6 is 0 Å². The molecule has 0 bridgehead atoms. The number of carboxylic acids is 1. The van der Waals surface area contributed by atoms with Crippen molar-refractivity contribution in [2.45, 2.75) is 13.8 Å². The summed E-state index contributed by atoms with van der Waals surface area (Å²) in [5.74, 6) is -1.64. The fourth-order valence-electron chi connectivity index (χ4n) is 2.01. The third-order valence-corrected chi connectivity index (χ3v) is 2.75. The van der Waals surface area contributed by atoms with Crippen molar-refractivity contribution in [3.63, 3.8) is 0 Å². The number of hydrogen-bond acceptors (Lipinski definition) is 1. The molecule has 1 N–H and O–H groups in total. The van der Waals surface area contributed by atoms with Crippen molar-refractivity contribution in [1.82, 2.24) is 0 Å². The summed E-state index contributed by atoms with van der Waals surface area (Å²) in [5.41, 5.74) is 3.24. The van der Waals surface area contributed by atoms with Crippen molar-refractivity contribution in [3.05, 3.63) is 58.9 Å². The molecule has 0 saturated carbocycles. The van der Waals surface area contributed by atoms with E-state index < -0.39 is 11.8 Å². The number of benzene rings is 2. The van der Waals surface area contributed by atoms with Crippen LogP contribution in [0.15, 0.2) is 36.4 Å². The van der Waals surface area contributed by atoms with Crippen LogP contribution in [0.5, 0.6) is 0 Å². The zero-order valence-electron chi connectivity index (χ0n) is 10.2. The molecule has 3 heteroatoms. The van der Waals surface area contributed by atoms with Crippen LogP contribution in [-0.2, 0) is 0 Å². The molecule has 0 atom stereocenters. The van der Waals surface area contributed by atoms with E-state index in [9.17, 15) is 9.18 Å². The van der Waals surface area contributed by atoms with E-state index in [4.69, 9.17) is 5.11 Å². The Hall–Kier alpha value is -2.16. The van der Waals surface area contributed by atoms with Crippen LogP contribution in [0.2, 0.25) is 0 Å². The van der Waals surface area contributed by atoms with Crippen molar-refractivity contribution < 1.29 is 14.3 Å². The van der Waals surface area contributed by atoms with E-state index in [2.05, 4.69) is 0 Å². The molecule has 2 aromatic rings. The first-order chi connectivity index (χ1) is 8.47. The summed E-state index contributed by atoms with van der Waals surface area (Å²) in [7, 11) is 0. The van der Waals surface area contributed by atoms with Crippen molar-refractivity contribution in [3.8, 4) is 11.1 Å². The summed E-state index contributed by atoms with van der Waals surface area (Å²) < 4.78 is 13.9. The van der Waals surface area contributed by atoms with Crippen molar-refractivity contribution in [2.24, 2.45) is 0 Å². The highest BCUT2D eigenvalue weighted by atomic mass is 19.1. The summed E-state index contributed by atoms with van der Waals surface area (Å²) >= 11 is 0. The van der Waals surface area contributed by atoms with Gasteiger partial charge in [-0.3, -0.25) is 0 Å². The molecule has 0 radical (unpaired) electrons. The molecule has 0 unspecified atom stereocenters. The minimum Gasteiger partial charge on any atom is -0.478 e. The highest BCUT2D eigenvalue weighted by Crippen LogP contribution is 2.25. The molecule has 0 aliphatic rings. The second-order valence-corrected chi connectivity index (χ2v) is 4.38. The Morgan fingerprint density at radius 1 is 1.06 bits per heavy atom. The summed E-state index contributed by atoms with van der Waals surface area (Å²) in [6, 6.07) is 9.74. The zero-order valence-corrected chi connectivity index (χ0v) is 10.2. The van der Waals surface area contributed by atoms with Crippen molar-refractivity contribution in [2.75, 3.05) is 0 Å². The first-order valence-electron chi connectivity index (χ1n) is 5.59. The van der Waals surface area contributed by atoms with E-state index in [0.717, 1.165) is 22.8 Å². The monoisotopic (exact) mass is 244 g/mol. The Morgan fingerprint density at radius 3 is 2.17 bits per heavy atom. The fraction of sp³-hybridized carbons (Fsp3) is 0.133. The van der Waals surface area contributed by atoms with Gasteiger partial charge in [-0.25, -0.2) is 9.18 Å². The van der Waals surface area contributed by atoms with Crippen LogP contribution in [0.4, 0.5) is 4.39 Å². The SMILES string of the molecule is Cc1cc(C)cc(-c2ccc(C(=O)O)cc2F)c1. The Bertz CT molecular complexity index is 598. The van der Waals surface area contributed by atoms with Crippen LogP contribution in [-0.4, -0.2) is 11.1 Å². The van der Waals surface area contributed by atoms with Crippen LogP contribution in [0.25, 0.3) is 11.1 Å². The summed E-state index contributed by atoms with van der Waals surface area (Å²) in [6.07, 6.45) is 0. The maximum atomic E-state index is 13.9. The average molecular weight is 244 g/mol. The van der Waals surface area contributed by atoms with Gasteiger partial charge in [0, 0.05) is 5.56 Å². The van der Waals surface area contributed by atoms with E-state index in [1.807, 2.05) is 32.0 Å². The second-order valence-electron chi connectivity index (χ2n) is 4.38. The number of aromatic carboxylic acids is 1. The van der Waals surface area contributed by atoms with Gasteiger partial charge in [-0.1, -0.05) is 35.4 Å². The third kappa shape index (κ3) is 2.40. The molecule has 0 fully saturated rings. The van der Waals surface area contributed by atoms with E-state index in [-0.39, 0.29) is 5.56 Å². The van der Waals surface area contributed by atoms with Gasteiger partial charge in [-0.05, 0) is 31.5 Å². The van der Waals surface area contributed by atoms with Crippen LogP contribution in [0.1, 0.15) is 21.5 Å². The molecule has 92 valence electrons. The number of carbonyl (C=O) groups is 1. The van der Waals surface area contributed by atoms with Crippen LogP contribution in [0.3, 0.4) is 0 Å². The van der Waals surface area contributed by atoms with Gasteiger partial charge in [0.25, 0.3) is 0 Å². The topological polar surface area (TPSA) is 37.3 Å². The molecule has 0 aliphatic heterocycles. The van der Waals surface area contributed by atoms with E-state index in [0.29, 0.717) is 5.56 Å². The van der Waals surface area contributed by atoms with Gasteiger partial charge < -0.3 is 5.11 Å². The smallest absolute Gasteiger partial charge is 0.335 e. The predicted octanol–water partition coefficient (Wildman–Crippen LogP) is 3.81. The van der Waals surface area contributed by atoms with E-state index in [1.165, 1.54) is 12.1 Å². The lowest BCUT2D eigenvalue weighted by Crippen LogP contribution is -1.97. The maximum Gasteiger partial charge on any atom is 0.335 e. The van der Waals surface area contributed by atoms with Gasteiger partial charge in [0.1, 0.15) is 5.82 Å². The zero-order chi connectivity index (χ0) is 13.3. The lowest BCUT2D eigenvalue weighted by molar-refractivity contribution is 0.0696. The molecule has 0 heterocycles. The standard InChI is InChI=1S/C15H13FO2/c1-9-5-10(2)7-12(6-9)13-4-3-11(15(17)18)8-14(13)16/h3-8H,1-2H3,(H,17,18). The summed E-state index contributed by atoms with van der Waals surface area (Å²) in [6.45, 7) is 3.89. The Kier molecular flexibility index (Phi) is 3.15. The normalized spacial score (nSPS) is 10.4. The van der Waals surface area contributed by atoms with Crippen molar-refractivity contribution >= 4 is 5.97 Å². The van der Waals surface area contributed by atoms with Crippen LogP contribution in [0, 0.1) is 19.7 Å². The number of aryl methyl sites for hydroxylation is 2. The second kappa shape index (κ2) is 4.61. The first-order valence-corrected chi connectivity index (χ1v) is 5.59. The molecule has 2 rings (SSSR count). The van der Waals surface area contributed by atoms with Gasteiger partial charge in [-0.15, -0.1) is 0 Å². The summed E-state index contributed by atoms with van der Waals surface area (Å²) in [4.78, 5) is 10.7. The van der Waals surface area contributed by atoms with Gasteiger partial charge in [0.15, 0.2) is 0 Å². The molecule has 0 aliphatic carbocycles. The minimum atomic E-state index is -1.12. The van der Waals surface area contributed by atoms with Gasteiger partial charge in [0.05, 0.1) is 5.56 Å². The lowest BCUT2D eigenvalue weighted by atomic mass is 9.99. The molecule has 0 saturated heterocycles. The molecule has 2 aromatic carbocycles. The molecule has 2 nitrogen and oxygen atoms in total. The number of rotatable bonds is 2. The van der Waals surface area contributed by atoms with E-state index >= 15 is 0 Å². The highest BCUT2D eigenvalue weighted by Gasteiger charge is 2.10. The lowest BCUT2D eigenvalue weighted by Gasteiger charge is -2.07. The largest absolute Gasteiger partial charge is 0.478 e.